The number of nitrogens with two attached hydrogens (primary N) is 2. The summed E-state index contributed by atoms with van der Waals surface area (Å²) in [6, 6.07) is -2.89. The van der Waals surface area contributed by atoms with Crippen molar-refractivity contribution in [1.29, 1.82) is 0 Å². The largest absolute Gasteiger partial charge is 0.480 e. The first-order valence-electron chi connectivity index (χ1n) is 8.06. The van der Waals surface area contributed by atoms with Gasteiger partial charge in [-0.3, -0.25) is 14.4 Å². The van der Waals surface area contributed by atoms with Crippen molar-refractivity contribution in [2.24, 2.45) is 17.4 Å². The van der Waals surface area contributed by atoms with Crippen molar-refractivity contribution in [1.82, 2.24) is 10.2 Å². The second-order valence-electron chi connectivity index (χ2n) is 6.17. The molecule has 3 amide bonds. The lowest BCUT2D eigenvalue weighted by molar-refractivity contribution is -0.145. The van der Waals surface area contributed by atoms with Crippen LogP contribution in [0, 0.1) is 5.92 Å². The van der Waals surface area contributed by atoms with Crippen LogP contribution in [0.3, 0.4) is 0 Å². The van der Waals surface area contributed by atoms with Gasteiger partial charge < -0.3 is 26.8 Å². The maximum atomic E-state index is 12.5. The molecule has 0 bridgehead atoms. The summed E-state index contributed by atoms with van der Waals surface area (Å²) in [5.74, 6) is -3.13. The zero-order chi connectivity index (χ0) is 18.4. The Morgan fingerprint density at radius 2 is 1.96 bits per heavy atom. The second kappa shape index (κ2) is 8.62. The van der Waals surface area contributed by atoms with Gasteiger partial charge in [0.15, 0.2) is 0 Å². The first kappa shape index (κ1) is 19.9. The highest BCUT2D eigenvalue weighted by atomic mass is 16.4. The van der Waals surface area contributed by atoms with Crippen LogP contribution in [0.5, 0.6) is 0 Å². The molecular weight excluding hydrogens is 316 g/mol. The predicted molar refractivity (Wildman–Crippen MR) is 85.5 cm³/mol. The van der Waals surface area contributed by atoms with Crippen molar-refractivity contribution in [3.05, 3.63) is 0 Å². The number of primary amides is 1. The van der Waals surface area contributed by atoms with E-state index in [1.54, 1.807) is 0 Å². The smallest absolute Gasteiger partial charge is 0.326 e. The third-order valence-corrected chi connectivity index (χ3v) is 4.40. The Hall–Kier alpha value is -2.16. The predicted octanol–water partition coefficient (Wildman–Crippen LogP) is -1.20. The molecule has 1 fully saturated rings. The molecule has 1 aliphatic rings. The summed E-state index contributed by atoms with van der Waals surface area (Å²) in [6.07, 6.45) is 1.28. The summed E-state index contributed by atoms with van der Waals surface area (Å²) in [5.41, 5.74) is 10.9. The molecule has 0 aromatic carbocycles. The summed E-state index contributed by atoms with van der Waals surface area (Å²) in [4.78, 5) is 48.3. The van der Waals surface area contributed by atoms with Gasteiger partial charge in [0.05, 0.1) is 12.5 Å². The van der Waals surface area contributed by atoms with Crippen LogP contribution >= 0.6 is 0 Å². The van der Waals surface area contributed by atoms with Crippen LogP contribution in [0.25, 0.3) is 0 Å². The molecule has 1 rings (SSSR count). The average Bonchev–Trinajstić information content (AvgIpc) is 3.00. The Bertz CT molecular complexity index is 510. The summed E-state index contributed by atoms with van der Waals surface area (Å²) in [5, 5.41) is 11.3. The quantitative estimate of drug-likeness (QED) is 0.434. The minimum Gasteiger partial charge on any atom is -0.480 e. The number of amides is 3. The van der Waals surface area contributed by atoms with Crippen LogP contribution in [0.15, 0.2) is 0 Å². The van der Waals surface area contributed by atoms with E-state index in [4.69, 9.17) is 16.6 Å². The minimum absolute atomic E-state index is 0.0246. The fourth-order valence-corrected chi connectivity index (χ4v) is 2.66. The summed E-state index contributed by atoms with van der Waals surface area (Å²) in [7, 11) is 0. The third-order valence-electron chi connectivity index (χ3n) is 4.40. The second-order valence-corrected chi connectivity index (χ2v) is 6.17. The van der Waals surface area contributed by atoms with Crippen molar-refractivity contribution >= 4 is 23.7 Å². The molecule has 1 heterocycles. The Labute approximate surface area is 140 Å². The molecule has 1 saturated heterocycles. The topological polar surface area (TPSA) is 156 Å². The Morgan fingerprint density at radius 1 is 1.33 bits per heavy atom. The lowest BCUT2D eigenvalue weighted by Crippen LogP contribution is -2.55. The summed E-state index contributed by atoms with van der Waals surface area (Å²) in [6.45, 7) is 4.18. The highest BCUT2D eigenvalue weighted by Crippen LogP contribution is 2.20. The SMILES string of the molecule is CC[C@H](C)[C@H](N)C(=O)N1CCC[C@H]1C(=O)N[C@@H](CC(N)=O)C(=O)O. The highest BCUT2D eigenvalue weighted by molar-refractivity contribution is 5.93. The number of carbonyl (C=O) groups excluding carboxylic acids is 3. The van der Waals surface area contributed by atoms with E-state index in [-0.39, 0.29) is 11.8 Å². The average molecular weight is 342 g/mol. The molecule has 9 nitrogen and oxygen atoms in total. The number of rotatable bonds is 8. The Kier molecular flexibility index (Phi) is 7.15. The molecule has 4 atom stereocenters. The van der Waals surface area contributed by atoms with Gasteiger partial charge in [0.25, 0.3) is 0 Å². The van der Waals surface area contributed by atoms with Crippen LogP contribution in [0.4, 0.5) is 0 Å². The number of likely N-dealkylation sites (tertiary alicyclic amines) is 1. The minimum atomic E-state index is -1.41. The van der Waals surface area contributed by atoms with Crippen molar-refractivity contribution in [2.45, 2.75) is 57.7 Å². The maximum absolute atomic E-state index is 12.5. The van der Waals surface area contributed by atoms with Crippen LogP contribution in [0.2, 0.25) is 0 Å². The fraction of sp³-hybridized carbons (Fsp3) is 0.733. The van der Waals surface area contributed by atoms with E-state index in [1.807, 2.05) is 13.8 Å². The van der Waals surface area contributed by atoms with E-state index in [9.17, 15) is 19.2 Å². The number of nitrogens with one attached hydrogen (secondary N) is 1. The maximum Gasteiger partial charge on any atom is 0.326 e. The molecule has 136 valence electrons. The van der Waals surface area contributed by atoms with Crippen LogP contribution in [-0.2, 0) is 19.2 Å². The Balaban J connectivity index is 2.79. The zero-order valence-corrected chi connectivity index (χ0v) is 14.0. The van der Waals surface area contributed by atoms with E-state index in [1.165, 1.54) is 4.90 Å². The molecule has 0 aromatic rings. The van der Waals surface area contributed by atoms with Crippen LogP contribution in [-0.4, -0.2) is 58.4 Å². The Morgan fingerprint density at radius 3 is 2.46 bits per heavy atom. The highest BCUT2D eigenvalue weighted by Gasteiger charge is 2.38. The molecule has 0 unspecified atom stereocenters. The van der Waals surface area contributed by atoms with Crippen LogP contribution < -0.4 is 16.8 Å². The summed E-state index contributed by atoms with van der Waals surface area (Å²) >= 11 is 0. The molecule has 0 saturated carbocycles. The van der Waals surface area contributed by atoms with Gasteiger partial charge in [-0.25, -0.2) is 4.79 Å². The molecule has 1 aliphatic heterocycles. The fourth-order valence-electron chi connectivity index (χ4n) is 2.66. The first-order valence-corrected chi connectivity index (χ1v) is 8.06. The van der Waals surface area contributed by atoms with Crippen molar-refractivity contribution in [2.75, 3.05) is 6.54 Å². The molecule has 0 spiro atoms. The van der Waals surface area contributed by atoms with Gasteiger partial charge in [0.2, 0.25) is 17.7 Å². The van der Waals surface area contributed by atoms with Crippen molar-refractivity contribution < 1.29 is 24.3 Å². The number of carboxylic acids is 1. The molecule has 24 heavy (non-hydrogen) atoms. The van der Waals surface area contributed by atoms with Gasteiger partial charge >= 0.3 is 5.97 Å². The number of hydrogen-bond acceptors (Lipinski definition) is 5. The van der Waals surface area contributed by atoms with Gasteiger partial charge in [-0.2, -0.15) is 0 Å². The molecule has 0 radical (unpaired) electrons. The number of hydrogen-bond donors (Lipinski definition) is 4. The third kappa shape index (κ3) is 4.92. The number of carboxylic acid groups (broad SMARTS) is 1. The van der Waals surface area contributed by atoms with Gasteiger partial charge in [-0.15, -0.1) is 0 Å². The molecule has 0 aromatic heterocycles. The van der Waals surface area contributed by atoms with Gasteiger partial charge in [-0.1, -0.05) is 20.3 Å². The van der Waals surface area contributed by atoms with Gasteiger partial charge in [0, 0.05) is 6.54 Å². The van der Waals surface area contributed by atoms with Crippen molar-refractivity contribution in [3.8, 4) is 0 Å². The normalized spacial score (nSPS) is 21.0. The number of carbonyl (C=O) groups is 4. The summed E-state index contributed by atoms with van der Waals surface area (Å²) < 4.78 is 0. The van der Waals surface area contributed by atoms with E-state index in [2.05, 4.69) is 5.32 Å². The lowest BCUT2D eigenvalue weighted by atomic mass is 9.98. The molecule has 0 aliphatic carbocycles. The van der Waals surface area contributed by atoms with Crippen molar-refractivity contribution in [3.63, 3.8) is 0 Å². The van der Waals surface area contributed by atoms with Gasteiger partial charge in [-0.05, 0) is 18.8 Å². The zero-order valence-electron chi connectivity index (χ0n) is 14.0. The molecule has 9 heteroatoms. The van der Waals surface area contributed by atoms with E-state index < -0.39 is 42.3 Å². The van der Waals surface area contributed by atoms with Gasteiger partial charge in [0.1, 0.15) is 12.1 Å². The van der Waals surface area contributed by atoms with E-state index >= 15 is 0 Å². The monoisotopic (exact) mass is 342 g/mol. The number of nitrogens with zero attached hydrogens (tertiary/aromatic N) is 1. The molecular formula is C15H26N4O5. The number of aliphatic carboxylic acids is 1. The lowest BCUT2D eigenvalue weighted by Gasteiger charge is -2.29. The standard InChI is InChI=1S/C15H26N4O5/c1-3-8(2)12(17)14(22)19-6-4-5-10(19)13(21)18-9(15(23)24)7-11(16)20/h8-10,12H,3-7,17H2,1-2H3,(H2,16,20)(H,18,21)(H,23,24)/t8-,9-,10-,12-/m0/s1. The van der Waals surface area contributed by atoms with Crippen LogP contribution in [0.1, 0.15) is 39.5 Å². The first-order chi connectivity index (χ1) is 11.2. The molecule has 6 N–H and O–H groups in total. The van der Waals surface area contributed by atoms with E-state index in [0.717, 1.165) is 6.42 Å². The van der Waals surface area contributed by atoms with E-state index in [0.29, 0.717) is 19.4 Å².